The number of hydrogen-bond donors (Lipinski definition) is 2. The number of benzene rings is 1. The van der Waals surface area contributed by atoms with Crippen molar-refractivity contribution in [2.75, 3.05) is 47.4 Å². The van der Waals surface area contributed by atoms with E-state index in [0.717, 1.165) is 56.6 Å². The van der Waals surface area contributed by atoms with Crippen LogP contribution in [-0.2, 0) is 19.4 Å². The molecule has 3 rings (SSSR count). The van der Waals surface area contributed by atoms with Gasteiger partial charge in [0.2, 0.25) is 0 Å². The standard InChI is InChI=1S/C21H30N4O2S.HI/c1-22-21(23-9-6-16-4-5-18(26-2)19(14-16)27-3)24-10-12-25-11-7-20-17(15-25)8-13-28-20;/h4-5,8,13-14H,6-7,9-12,15H2,1-3H3,(H2,22,23,24);1H. The molecule has 0 amide bonds. The molecule has 29 heavy (non-hydrogen) atoms. The Morgan fingerprint density at radius 3 is 2.69 bits per heavy atom. The molecule has 0 spiro atoms. The summed E-state index contributed by atoms with van der Waals surface area (Å²) in [7, 11) is 5.12. The van der Waals surface area contributed by atoms with Crippen molar-refractivity contribution in [2.24, 2.45) is 4.99 Å². The van der Waals surface area contributed by atoms with Gasteiger partial charge in [-0.1, -0.05) is 6.07 Å². The van der Waals surface area contributed by atoms with Crippen LogP contribution in [0.1, 0.15) is 16.0 Å². The van der Waals surface area contributed by atoms with E-state index < -0.39 is 0 Å². The van der Waals surface area contributed by atoms with E-state index in [4.69, 9.17) is 9.47 Å². The van der Waals surface area contributed by atoms with Gasteiger partial charge in [-0.05, 0) is 47.5 Å². The minimum Gasteiger partial charge on any atom is -0.493 e. The van der Waals surface area contributed by atoms with Crippen molar-refractivity contribution in [3.8, 4) is 11.5 Å². The van der Waals surface area contributed by atoms with E-state index in [2.05, 4.69) is 38.0 Å². The summed E-state index contributed by atoms with van der Waals surface area (Å²) in [6.07, 6.45) is 2.05. The van der Waals surface area contributed by atoms with Crippen LogP contribution in [0.15, 0.2) is 34.6 Å². The minimum absolute atomic E-state index is 0. The van der Waals surface area contributed by atoms with E-state index in [0.29, 0.717) is 0 Å². The molecule has 160 valence electrons. The summed E-state index contributed by atoms with van der Waals surface area (Å²) in [6, 6.07) is 8.28. The summed E-state index contributed by atoms with van der Waals surface area (Å²) < 4.78 is 10.7. The van der Waals surface area contributed by atoms with Crippen LogP contribution in [0, 0.1) is 0 Å². The van der Waals surface area contributed by atoms with Gasteiger partial charge in [-0.3, -0.25) is 9.89 Å². The second-order valence-electron chi connectivity index (χ2n) is 6.76. The zero-order valence-corrected chi connectivity index (χ0v) is 20.5. The first kappa shape index (κ1) is 23.8. The Kier molecular flexibility index (Phi) is 10.0. The fourth-order valence-electron chi connectivity index (χ4n) is 3.41. The third-order valence-electron chi connectivity index (χ3n) is 4.98. The molecule has 0 saturated carbocycles. The van der Waals surface area contributed by atoms with Gasteiger partial charge >= 0.3 is 0 Å². The van der Waals surface area contributed by atoms with Crippen molar-refractivity contribution < 1.29 is 9.47 Å². The highest BCUT2D eigenvalue weighted by Crippen LogP contribution is 2.27. The van der Waals surface area contributed by atoms with Gasteiger partial charge in [-0.15, -0.1) is 35.3 Å². The highest BCUT2D eigenvalue weighted by Gasteiger charge is 2.16. The zero-order valence-electron chi connectivity index (χ0n) is 17.4. The summed E-state index contributed by atoms with van der Waals surface area (Å²) >= 11 is 1.89. The first-order valence-corrected chi connectivity index (χ1v) is 10.5. The summed E-state index contributed by atoms with van der Waals surface area (Å²) in [5.41, 5.74) is 2.69. The van der Waals surface area contributed by atoms with Crippen LogP contribution in [0.3, 0.4) is 0 Å². The average Bonchev–Trinajstić information content (AvgIpc) is 3.20. The quantitative estimate of drug-likeness (QED) is 0.312. The lowest BCUT2D eigenvalue weighted by Gasteiger charge is -2.27. The smallest absolute Gasteiger partial charge is 0.191 e. The molecule has 0 saturated heterocycles. The maximum Gasteiger partial charge on any atom is 0.191 e. The molecule has 0 aliphatic carbocycles. The van der Waals surface area contributed by atoms with Crippen molar-refractivity contribution in [1.82, 2.24) is 15.5 Å². The van der Waals surface area contributed by atoms with Gasteiger partial charge in [0.05, 0.1) is 14.2 Å². The van der Waals surface area contributed by atoms with Gasteiger partial charge in [0.1, 0.15) is 0 Å². The Labute approximate surface area is 194 Å². The Morgan fingerprint density at radius 2 is 1.93 bits per heavy atom. The predicted molar refractivity (Wildman–Crippen MR) is 131 cm³/mol. The van der Waals surface area contributed by atoms with E-state index in [-0.39, 0.29) is 24.0 Å². The molecule has 0 unspecified atom stereocenters. The lowest BCUT2D eigenvalue weighted by molar-refractivity contribution is 0.260. The van der Waals surface area contributed by atoms with E-state index in [9.17, 15) is 0 Å². The third-order valence-corrected chi connectivity index (χ3v) is 6.01. The number of nitrogens with zero attached hydrogens (tertiary/aromatic N) is 2. The lowest BCUT2D eigenvalue weighted by Crippen LogP contribution is -2.43. The van der Waals surface area contributed by atoms with Crippen molar-refractivity contribution in [2.45, 2.75) is 19.4 Å². The maximum atomic E-state index is 5.37. The lowest BCUT2D eigenvalue weighted by atomic mass is 10.1. The molecule has 1 aliphatic rings. The number of nitrogens with one attached hydrogen (secondary N) is 2. The summed E-state index contributed by atoms with van der Waals surface area (Å²) in [4.78, 5) is 8.38. The average molecular weight is 530 g/mol. The largest absolute Gasteiger partial charge is 0.493 e. The van der Waals surface area contributed by atoms with Gasteiger partial charge in [0.25, 0.3) is 0 Å². The minimum atomic E-state index is 0. The molecule has 6 nitrogen and oxygen atoms in total. The van der Waals surface area contributed by atoms with Crippen molar-refractivity contribution >= 4 is 41.3 Å². The molecule has 8 heteroatoms. The Balaban J connectivity index is 0.00000300. The van der Waals surface area contributed by atoms with Crippen LogP contribution in [0.2, 0.25) is 0 Å². The number of halogens is 1. The number of rotatable bonds is 8. The van der Waals surface area contributed by atoms with Gasteiger partial charge in [-0.2, -0.15) is 0 Å². The maximum absolute atomic E-state index is 5.37. The zero-order chi connectivity index (χ0) is 19.8. The number of aliphatic imine (C=N–C) groups is 1. The fourth-order valence-corrected chi connectivity index (χ4v) is 4.30. The third kappa shape index (κ3) is 6.75. The van der Waals surface area contributed by atoms with Gasteiger partial charge < -0.3 is 20.1 Å². The monoisotopic (exact) mass is 530 g/mol. The van der Waals surface area contributed by atoms with Gasteiger partial charge in [0, 0.05) is 44.6 Å². The normalized spacial score (nSPS) is 14.0. The second-order valence-corrected chi connectivity index (χ2v) is 7.76. The SMILES string of the molecule is CN=C(NCCc1ccc(OC)c(OC)c1)NCCN1CCc2sccc2C1.I. The van der Waals surface area contributed by atoms with E-state index >= 15 is 0 Å². The highest BCUT2D eigenvalue weighted by molar-refractivity contribution is 14.0. The number of hydrogen-bond acceptors (Lipinski definition) is 5. The van der Waals surface area contributed by atoms with Crippen molar-refractivity contribution in [3.63, 3.8) is 0 Å². The van der Waals surface area contributed by atoms with Crippen LogP contribution in [0.5, 0.6) is 11.5 Å². The van der Waals surface area contributed by atoms with E-state index in [1.807, 2.05) is 30.5 Å². The molecular weight excluding hydrogens is 499 g/mol. The summed E-state index contributed by atoms with van der Waals surface area (Å²) in [5, 5.41) is 9.00. The number of fused-ring (bicyclic) bond motifs is 1. The molecule has 0 radical (unpaired) electrons. The van der Waals surface area contributed by atoms with Gasteiger partial charge in [0.15, 0.2) is 17.5 Å². The van der Waals surface area contributed by atoms with Crippen LogP contribution >= 0.6 is 35.3 Å². The highest BCUT2D eigenvalue weighted by atomic mass is 127. The molecule has 1 aromatic carbocycles. The fraction of sp³-hybridized carbons (Fsp3) is 0.476. The first-order chi connectivity index (χ1) is 13.7. The van der Waals surface area contributed by atoms with E-state index in [1.54, 1.807) is 19.1 Å². The Morgan fingerprint density at radius 1 is 1.14 bits per heavy atom. The molecule has 0 fully saturated rings. The molecule has 2 aromatic rings. The van der Waals surface area contributed by atoms with E-state index in [1.165, 1.54) is 17.5 Å². The molecular formula is C21H31IN4O2S. The molecule has 2 heterocycles. The van der Waals surface area contributed by atoms with Gasteiger partial charge in [-0.25, -0.2) is 0 Å². The number of guanidine groups is 1. The summed E-state index contributed by atoms with van der Waals surface area (Å²) in [6.45, 7) is 4.91. The number of thiophene rings is 1. The second kappa shape index (κ2) is 12.2. The molecule has 1 aromatic heterocycles. The molecule has 0 bridgehead atoms. The predicted octanol–water partition coefficient (Wildman–Crippen LogP) is 3.15. The summed E-state index contributed by atoms with van der Waals surface area (Å²) in [5.74, 6) is 2.36. The van der Waals surface area contributed by atoms with Crippen LogP contribution in [0.25, 0.3) is 0 Å². The Hall–Kier alpha value is -1.52. The molecule has 1 aliphatic heterocycles. The Bertz CT molecular complexity index is 797. The topological polar surface area (TPSA) is 58.1 Å². The van der Waals surface area contributed by atoms with Crippen molar-refractivity contribution in [3.05, 3.63) is 45.6 Å². The van der Waals surface area contributed by atoms with Crippen LogP contribution in [0.4, 0.5) is 0 Å². The van der Waals surface area contributed by atoms with Crippen molar-refractivity contribution in [1.29, 1.82) is 0 Å². The van der Waals surface area contributed by atoms with Crippen LogP contribution < -0.4 is 20.1 Å². The molecule has 0 atom stereocenters. The first-order valence-electron chi connectivity index (χ1n) is 9.66. The number of ether oxygens (including phenoxy) is 2. The van der Waals surface area contributed by atoms with Crippen LogP contribution in [-0.4, -0.2) is 58.3 Å². The number of methoxy groups -OCH3 is 2. The molecule has 2 N–H and O–H groups in total.